The van der Waals surface area contributed by atoms with Gasteiger partial charge in [-0.05, 0) is 37.1 Å². The maximum Gasteiger partial charge on any atom is 0.137 e. The second kappa shape index (κ2) is 5.48. The van der Waals surface area contributed by atoms with Crippen LogP contribution in [0.2, 0.25) is 5.02 Å². The average molecular weight is 328 g/mol. The highest BCUT2D eigenvalue weighted by Gasteiger charge is 2.58. The smallest absolute Gasteiger partial charge is 0.137 e. The molecule has 0 aliphatic heterocycles. The molecule has 1 unspecified atom stereocenters. The predicted octanol–water partition coefficient (Wildman–Crippen LogP) is 2.51. The molecule has 0 radical (unpaired) electrons. The molecule has 0 saturated heterocycles. The van der Waals surface area contributed by atoms with E-state index >= 15 is 0 Å². The van der Waals surface area contributed by atoms with Crippen molar-refractivity contribution in [3.05, 3.63) is 41.9 Å². The van der Waals surface area contributed by atoms with Crippen LogP contribution >= 0.6 is 23.2 Å². The summed E-state index contributed by atoms with van der Waals surface area (Å²) in [5, 5.41) is 15.6. The summed E-state index contributed by atoms with van der Waals surface area (Å²) < 4.78 is 7.25. The average Bonchev–Trinajstić information content (AvgIpc) is 3.03. The number of hydrogen-bond acceptors (Lipinski definition) is 4. The maximum atomic E-state index is 10.9. The number of benzene rings is 1. The molecule has 1 N–H and O–H groups in total. The Morgan fingerprint density at radius 2 is 2.05 bits per heavy atom. The standard InChI is InChI=1S/C14H15Cl2N3O2/c15-11-1-3-12(4-2-11)21-8-14(20,13(16)5-6-13)7-19-10-17-9-18-19/h1-4,9-10,20H,5-8H2. The van der Waals surface area contributed by atoms with Crippen LogP contribution in [0.5, 0.6) is 5.75 Å². The van der Waals surface area contributed by atoms with Gasteiger partial charge in [0.15, 0.2) is 0 Å². The number of nitrogens with zero attached hydrogens (tertiary/aromatic N) is 3. The highest BCUT2D eigenvalue weighted by atomic mass is 35.5. The Morgan fingerprint density at radius 3 is 2.62 bits per heavy atom. The van der Waals surface area contributed by atoms with Crippen molar-refractivity contribution in [3.8, 4) is 5.75 Å². The Balaban J connectivity index is 1.72. The van der Waals surface area contributed by atoms with Crippen LogP contribution in [0.3, 0.4) is 0 Å². The lowest BCUT2D eigenvalue weighted by Gasteiger charge is -2.32. The van der Waals surface area contributed by atoms with E-state index in [4.69, 9.17) is 27.9 Å². The van der Waals surface area contributed by atoms with Crippen molar-refractivity contribution < 1.29 is 9.84 Å². The lowest BCUT2D eigenvalue weighted by atomic mass is 9.98. The lowest BCUT2D eigenvalue weighted by molar-refractivity contribution is -0.0317. The van der Waals surface area contributed by atoms with Gasteiger partial charge >= 0.3 is 0 Å². The molecule has 0 spiro atoms. The van der Waals surface area contributed by atoms with Gasteiger partial charge in [0.25, 0.3) is 0 Å². The number of alkyl halides is 1. The fraction of sp³-hybridized carbons (Fsp3) is 0.429. The van der Waals surface area contributed by atoms with Gasteiger partial charge in [-0.2, -0.15) is 5.10 Å². The number of ether oxygens (including phenoxy) is 1. The second-order valence-electron chi connectivity index (χ2n) is 5.33. The summed E-state index contributed by atoms with van der Waals surface area (Å²) in [4.78, 5) is 3.22. The molecule has 1 fully saturated rings. The second-order valence-corrected chi connectivity index (χ2v) is 6.49. The first kappa shape index (κ1) is 14.6. The van der Waals surface area contributed by atoms with Crippen molar-refractivity contribution in [2.75, 3.05) is 6.61 Å². The molecule has 3 rings (SSSR count). The minimum Gasteiger partial charge on any atom is -0.490 e. The van der Waals surface area contributed by atoms with Crippen LogP contribution in [-0.2, 0) is 6.54 Å². The van der Waals surface area contributed by atoms with Crippen LogP contribution in [0.1, 0.15) is 12.8 Å². The molecule has 7 heteroatoms. The molecule has 1 aliphatic carbocycles. The molecule has 1 saturated carbocycles. The number of aromatic nitrogens is 3. The molecule has 5 nitrogen and oxygen atoms in total. The fourth-order valence-corrected chi connectivity index (χ4v) is 2.54. The molecule has 2 aromatic rings. The summed E-state index contributed by atoms with van der Waals surface area (Å²) in [5.74, 6) is 0.636. The normalized spacial score (nSPS) is 19.0. The monoisotopic (exact) mass is 327 g/mol. The zero-order chi connectivity index (χ0) is 14.9. The number of hydrogen-bond donors (Lipinski definition) is 1. The van der Waals surface area contributed by atoms with Gasteiger partial charge in [-0.1, -0.05) is 11.6 Å². The zero-order valence-corrected chi connectivity index (χ0v) is 12.8. The predicted molar refractivity (Wildman–Crippen MR) is 79.7 cm³/mol. The Labute approximate surface area is 132 Å². The Bertz CT molecular complexity index is 599. The van der Waals surface area contributed by atoms with Crippen LogP contribution in [0.15, 0.2) is 36.9 Å². The molecule has 1 aromatic heterocycles. The third-order valence-corrected chi connectivity index (χ3v) is 4.69. The Morgan fingerprint density at radius 1 is 1.33 bits per heavy atom. The molecule has 1 aliphatic rings. The summed E-state index contributed by atoms with van der Waals surface area (Å²) in [6.45, 7) is 0.322. The van der Waals surface area contributed by atoms with Crippen molar-refractivity contribution in [3.63, 3.8) is 0 Å². The molecule has 21 heavy (non-hydrogen) atoms. The third-order valence-electron chi connectivity index (χ3n) is 3.70. The van der Waals surface area contributed by atoms with E-state index in [-0.39, 0.29) is 13.2 Å². The minimum atomic E-state index is -1.21. The Kier molecular flexibility index (Phi) is 3.82. The van der Waals surface area contributed by atoms with Gasteiger partial charge in [-0.15, -0.1) is 11.6 Å². The number of halogens is 2. The molecular formula is C14H15Cl2N3O2. The van der Waals surface area contributed by atoms with Crippen molar-refractivity contribution in [1.82, 2.24) is 14.8 Å². The van der Waals surface area contributed by atoms with E-state index in [0.29, 0.717) is 10.8 Å². The van der Waals surface area contributed by atoms with Gasteiger partial charge in [0.1, 0.15) is 30.6 Å². The summed E-state index contributed by atoms with van der Waals surface area (Å²) >= 11 is 12.3. The highest BCUT2D eigenvalue weighted by molar-refractivity contribution is 6.30. The van der Waals surface area contributed by atoms with E-state index in [1.165, 1.54) is 6.33 Å². The van der Waals surface area contributed by atoms with Crippen LogP contribution in [-0.4, -0.2) is 37.0 Å². The summed E-state index contributed by atoms with van der Waals surface area (Å²) in [5.41, 5.74) is -1.21. The van der Waals surface area contributed by atoms with Crippen LogP contribution in [0, 0.1) is 0 Å². The lowest BCUT2D eigenvalue weighted by Crippen LogP contribution is -2.50. The van der Waals surface area contributed by atoms with Gasteiger partial charge < -0.3 is 9.84 Å². The molecule has 0 bridgehead atoms. The van der Waals surface area contributed by atoms with Crippen molar-refractivity contribution in [2.45, 2.75) is 29.9 Å². The molecule has 1 aromatic carbocycles. The van der Waals surface area contributed by atoms with Gasteiger partial charge in [-0.25, -0.2) is 9.67 Å². The van der Waals surface area contributed by atoms with Gasteiger partial charge in [-0.3, -0.25) is 0 Å². The fourth-order valence-electron chi connectivity index (χ4n) is 2.21. The molecule has 0 amide bonds. The van der Waals surface area contributed by atoms with E-state index in [9.17, 15) is 5.11 Å². The van der Waals surface area contributed by atoms with Crippen LogP contribution < -0.4 is 4.74 Å². The summed E-state index contributed by atoms with van der Waals surface area (Å²) in [6, 6.07) is 6.99. The third kappa shape index (κ3) is 3.15. The molecular weight excluding hydrogens is 313 g/mol. The molecule has 1 heterocycles. The van der Waals surface area contributed by atoms with E-state index in [2.05, 4.69) is 10.1 Å². The van der Waals surface area contributed by atoms with Crippen LogP contribution in [0.4, 0.5) is 0 Å². The SMILES string of the molecule is OC(COc1ccc(Cl)cc1)(Cn1cncn1)C1(Cl)CC1. The first-order chi connectivity index (χ1) is 10.0. The Hall–Kier alpha value is -1.30. The highest BCUT2D eigenvalue weighted by Crippen LogP contribution is 2.51. The summed E-state index contributed by atoms with van der Waals surface area (Å²) in [6.07, 6.45) is 4.48. The van der Waals surface area contributed by atoms with Crippen molar-refractivity contribution in [1.29, 1.82) is 0 Å². The van der Waals surface area contributed by atoms with Crippen molar-refractivity contribution in [2.24, 2.45) is 0 Å². The van der Waals surface area contributed by atoms with Crippen molar-refractivity contribution >= 4 is 23.2 Å². The van der Waals surface area contributed by atoms with Crippen LogP contribution in [0.25, 0.3) is 0 Å². The van der Waals surface area contributed by atoms with E-state index < -0.39 is 10.5 Å². The zero-order valence-electron chi connectivity index (χ0n) is 11.2. The molecule has 1 atom stereocenters. The number of aliphatic hydroxyl groups is 1. The van der Waals surface area contributed by atoms with E-state index in [0.717, 1.165) is 12.8 Å². The maximum absolute atomic E-state index is 10.9. The first-order valence-corrected chi connectivity index (χ1v) is 7.38. The quantitative estimate of drug-likeness (QED) is 0.828. The molecule has 112 valence electrons. The first-order valence-electron chi connectivity index (χ1n) is 6.63. The minimum absolute atomic E-state index is 0.0813. The van der Waals surface area contributed by atoms with Gasteiger partial charge in [0.05, 0.1) is 11.4 Å². The largest absolute Gasteiger partial charge is 0.490 e. The summed E-state index contributed by atoms with van der Waals surface area (Å²) in [7, 11) is 0. The van der Waals surface area contributed by atoms with Gasteiger partial charge in [0.2, 0.25) is 0 Å². The number of rotatable bonds is 6. The topological polar surface area (TPSA) is 60.2 Å². The van der Waals surface area contributed by atoms with Gasteiger partial charge in [0, 0.05) is 5.02 Å². The van der Waals surface area contributed by atoms with E-state index in [1.54, 1.807) is 35.3 Å². The van der Waals surface area contributed by atoms with E-state index in [1.807, 2.05) is 0 Å².